The zero-order chi connectivity index (χ0) is 20.1. The van der Waals surface area contributed by atoms with Crippen molar-refractivity contribution < 1.29 is 22.4 Å². The Balaban J connectivity index is 1.71. The van der Waals surface area contributed by atoms with Gasteiger partial charge in [-0.1, -0.05) is 44.7 Å². The minimum atomic E-state index is -4.39. The minimum absolute atomic E-state index is 0.286. The molecule has 1 aliphatic rings. The van der Waals surface area contributed by atoms with Crippen LogP contribution in [0.25, 0.3) is 11.3 Å². The maximum Gasteiger partial charge on any atom is 0.416 e. The van der Waals surface area contributed by atoms with Crippen LogP contribution < -0.4 is 5.73 Å². The molecule has 0 radical (unpaired) electrons. The van der Waals surface area contributed by atoms with Crippen molar-refractivity contribution in [2.75, 3.05) is 6.54 Å². The van der Waals surface area contributed by atoms with Crippen molar-refractivity contribution in [2.24, 2.45) is 5.73 Å². The molecule has 4 nitrogen and oxygen atoms in total. The quantitative estimate of drug-likeness (QED) is 0.556. The van der Waals surface area contributed by atoms with Crippen molar-refractivity contribution in [1.82, 2.24) is 5.06 Å². The molecule has 0 aliphatic carbocycles. The predicted molar refractivity (Wildman–Crippen MR) is 101 cm³/mol. The molecule has 0 fully saturated rings. The molecule has 0 bridgehead atoms. The predicted octanol–water partition coefficient (Wildman–Crippen LogP) is 6.02. The molecule has 2 aromatic rings. The number of benzene rings is 1. The number of unbranched alkanes of at least 4 members (excludes halogenated alkanes) is 4. The zero-order valence-corrected chi connectivity index (χ0v) is 15.8. The van der Waals surface area contributed by atoms with Crippen LogP contribution in [0.15, 0.2) is 52.8 Å². The third kappa shape index (κ3) is 4.90. The first-order valence-electron chi connectivity index (χ1n) is 9.57. The largest absolute Gasteiger partial charge is 0.459 e. The van der Waals surface area contributed by atoms with Crippen molar-refractivity contribution in [1.29, 1.82) is 0 Å². The molecule has 1 aliphatic heterocycles. The van der Waals surface area contributed by atoms with E-state index in [9.17, 15) is 13.2 Å². The Morgan fingerprint density at radius 1 is 1.07 bits per heavy atom. The smallest absolute Gasteiger partial charge is 0.416 e. The summed E-state index contributed by atoms with van der Waals surface area (Å²) < 4.78 is 44.7. The van der Waals surface area contributed by atoms with Crippen LogP contribution >= 0.6 is 0 Å². The van der Waals surface area contributed by atoms with Crippen molar-refractivity contribution in [3.63, 3.8) is 0 Å². The lowest BCUT2D eigenvalue weighted by atomic mass is 10.1. The summed E-state index contributed by atoms with van der Waals surface area (Å²) in [6.45, 7) is 2.87. The Bertz CT molecular complexity index is 814. The number of hydroxylamine groups is 2. The minimum Gasteiger partial charge on any atom is -0.459 e. The molecule has 2 heterocycles. The molecule has 1 atom stereocenters. The molecule has 152 valence electrons. The second kappa shape index (κ2) is 8.73. The Labute approximate surface area is 162 Å². The Morgan fingerprint density at radius 2 is 1.86 bits per heavy atom. The van der Waals surface area contributed by atoms with E-state index in [1.165, 1.54) is 25.3 Å². The van der Waals surface area contributed by atoms with E-state index in [4.69, 9.17) is 15.0 Å². The summed E-state index contributed by atoms with van der Waals surface area (Å²) in [7, 11) is 0. The van der Waals surface area contributed by atoms with Gasteiger partial charge in [-0.25, -0.2) is 0 Å². The highest BCUT2D eigenvalue weighted by Crippen LogP contribution is 2.36. The van der Waals surface area contributed by atoms with Crippen LogP contribution in [0, 0.1) is 0 Å². The molecular weight excluding hydrogens is 369 g/mol. The van der Waals surface area contributed by atoms with E-state index in [0.29, 0.717) is 29.5 Å². The van der Waals surface area contributed by atoms with Gasteiger partial charge in [0.15, 0.2) is 0 Å². The lowest BCUT2D eigenvalue weighted by molar-refractivity contribution is -0.137. The Morgan fingerprint density at radius 3 is 2.61 bits per heavy atom. The van der Waals surface area contributed by atoms with Gasteiger partial charge in [-0.2, -0.15) is 13.2 Å². The van der Waals surface area contributed by atoms with Crippen LogP contribution in [-0.4, -0.2) is 11.6 Å². The van der Waals surface area contributed by atoms with Crippen molar-refractivity contribution in [3.05, 3.63) is 59.7 Å². The fourth-order valence-electron chi connectivity index (χ4n) is 3.26. The van der Waals surface area contributed by atoms with Crippen molar-refractivity contribution in [3.8, 4) is 11.3 Å². The average molecular weight is 394 g/mol. The van der Waals surface area contributed by atoms with Crippen LogP contribution in [0.4, 0.5) is 13.2 Å². The molecule has 28 heavy (non-hydrogen) atoms. The summed E-state index contributed by atoms with van der Waals surface area (Å²) in [6, 6.07) is 8.24. The molecule has 0 saturated heterocycles. The molecule has 3 rings (SSSR count). The first kappa shape index (κ1) is 20.3. The number of alkyl halides is 3. The van der Waals surface area contributed by atoms with Crippen LogP contribution in [-0.2, 0) is 11.0 Å². The average Bonchev–Trinajstić information content (AvgIpc) is 3.27. The highest BCUT2D eigenvalue weighted by atomic mass is 19.4. The maximum absolute atomic E-state index is 12.9. The van der Waals surface area contributed by atoms with E-state index in [2.05, 4.69) is 6.92 Å². The summed E-state index contributed by atoms with van der Waals surface area (Å²) in [6.07, 6.45) is 3.01. The SMILES string of the molecule is CCCCCCCN1OC(N)=CC1c1ccc(-c2cccc(C(F)(F)F)c2)o1. The number of nitrogens with two attached hydrogens (primary N) is 1. The topological polar surface area (TPSA) is 51.6 Å². The van der Waals surface area contributed by atoms with Gasteiger partial charge in [0, 0.05) is 18.2 Å². The first-order chi connectivity index (χ1) is 13.4. The highest BCUT2D eigenvalue weighted by Gasteiger charge is 2.32. The lowest BCUT2D eigenvalue weighted by Crippen LogP contribution is -2.24. The normalized spacial score (nSPS) is 17.6. The molecule has 1 unspecified atom stereocenters. The second-order valence-electron chi connectivity index (χ2n) is 6.94. The molecule has 2 N–H and O–H groups in total. The van der Waals surface area contributed by atoms with Gasteiger partial charge in [0.1, 0.15) is 17.6 Å². The molecule has 1 aromatic heterocycles. The standard InChI is InChI=1S/C21H25F3N2O2/c1-2-3-4-5-6-12-26-17(14-20(25)28-26)19-11-10-18(27-19)15-8-7-9-16(13-15)21(22,23)24/h7-11,13-14,17H,2-6,12,25H2,1H3. The van der Waals surface area contributed by atoms with Gasteiger partial charge >= 0.3 is 6.18 Å². The summed E-state index contributed by atoms with van der Waals surface area (Å²) in [5.41, 5.74) is 5.50. The molecule has 0 spiro atoms. The van der Waals surface area contributed by atoms with Gasteiger partial charge in [0.2, 0.25) is 5.88 Å². The molecule has 7 heteroatoms. The van der Waals surface area contributed by atoms with Gasteiger partial charge in [0.25, 0.3) is 0 Å². The van der Waals surface area contributed by atoms with E-state index < -0.39 is 11.7 Å². The van der Waals surface area contributed by atoms with E-state index >= 15 is 0 Å². The van der Waals surface area contributed by atoms with Crippen LogP contribution in [0.2, 0.25) is 0 Å². The number of furan rings is 1. The van der Waals surface area contributed by atoms with Gasteiger partial charge in [-0.05, 0) is 30.7 Å². The summed E-state index contributed by atoms with van der Waals surface area (Å²) in [4.78, 5) is 5.58. The van der Waals surface area contributed by atoms with Crippen LogP contribution in [0.3, 0.4) is 0 Å². The Kier molecular flexibility index (Phi) is 6.34. The fraction of sp³-hybridized carbons (Fsp3) is 0.429. The van der Waals surface area contributed by atoms with E-state index in [0.717, 1.165) is 25.0 Å². The highest BCUT2D eigenvalue weighted by molar-refractivity contribution is 5.59. The molecule has 0 saturated carbocycles. The Hall–Kier alpha value is -2.41. The van der Waals surface area contributed by atoms with Gasteiger partial charge in [-0.3, -0.25) is 0 Å². The van der Waals surface area contributed by atoms with E-state index in [1.807, 2.05) is 0 Å². The summed E-state index contributed by atoms with van der Waals surface area (Å²) in [5.74, 6) is 1.26. The summed E-state index contributed by atoms with van der Waals surface area (Å²) in [5, 5.41) is 1.76. The third-order valence-corrected chi connectivity index (χ3v) is 4.73. The number of halogens is 3. The van der Waals surface area contributed by atoms with Gasteiger partial charge in [-0.15, -0.1) is 5.06 Å². The number of hydrogen-bond donors (Lipinski definition) is 1. The zero-order valence-electron chi connectivity index (χ0n) is 15.8. The molecule has 1 aromatic carbocycles. The van der Waals surface area contributed by atoms with Gasteiger partial charge in [0.05, 0.1) is 5.56 Å². The monoisotopic (exact) mass is 394 g/mol. The number of hydrogen-bond acceptors (Lipinski definition) is 4. The number of rotatable bonds is 8. The third-order valence-electron chi connectivity index (χ3n) is 4.73. The summed E-state index contributed by atoms with van der Waals surface area (Å²) >= 11 is 0. The fourth-order valence-corrected chi connectivity index (χ4v) is 3.26. The number of nitrogens with zero attached hydrogens (tertiary/aromatic N) is 1. The lowest BCUT2D eigenvalue weighted by Gasteiger charge is -2.21. The van der Waals surface area contributed by atoms with E-state index in [-0.39, 0.29) is 6.04 Å². The first-order valence-corrected chi connectivity index (χ1v) is 9.57. The molecular formula is C21H25F3N2O2. The van der Waals surface area contributed by atoms with Crippen molar-refractivity contribution in [2.45, 2.75) is 51.2 Å². The van der Waals surface area contributed by atoms with Crippen molar-refractivity contribution >= 4 is 0 Å². The van der Waals surface area contributed by atoms with Crippen LogP contribution in [0.1, 0.15) is 56.4 Å². The van der Waals surface area contributed by atoms with Crippen LogP contribution in [0.5, 0.6) is 0 Å². The molecule has 0 amide bonds. The second-order valence-corrected chi connectivity index (χ2v) is 6.94. The van der Waals surface area contributed by atoms with E-state index in [1.54, 1.807) is 29.3 Å². The maximum atomic E-state index is 12.9. The van der Waals surface area contributed by atoms with Gasteiger partial charge < -0.3 is 15.0 Å².